The summed E-state index contributed by atoms with van der Waals surface area (Å²) in [6.45, 7) is 6.81. The number of aliphatic carboxylic acids is 1. The van der Waals surface area contributed by atoms with Crippen molar-refractivity contribution in [2.24, 2.45) is 0 Å². The van der Waals surface area contributed by atoms with Crippen molar-refractivity contribution in [1.82, 2.24) is 5.32 Å². The predicted molar refractivity (Wildman–Crippen MR) is 83.4 cm³/mol. The molecule has 0 aliphatic heterocycles. The van der Waals surface area contributed by atoms with Crippen LogP contribution in [0.15, 0.2) is 24.3 Å². The Kier molecular flexibility index (Phi) is 6.38. The molecule has 0 fully saturated rings. The summed E-state index contributed by atoms with van der Waals surface area (Å²) in [5.41, 5.74) is -0.334. The summed E-state index contributed by atoms with van der Waals surface area (Å²) < 4.78 is 10.4. The van der Waals surface area contributed by atoms with Crippen LogP contribution in [0.25, 0.3) is 0 Å². The highest BCUT2D eigenvalue weighted by molar-refractivity contribution is 5.81. The van der Waals surface area contributed by atoms with Crippen LogP contribution >= 0.6 is 0 Å². The number of carbonyl (C=O) groups excluding carboxylic acids is 1. The fourth-order valence-electron chi connectivity index (χ4n) is 1.69. The maximum Gasteiger partial charge on any atom is 0.408 e. The van der Waals surface area contributed by atoms with Crippen LogP contribution in [0.2, 0.25) is 0 Å². The molecule has 7 heteroatoms. The molecule has 7 nitrogen and oxygen atoms in total. The number of alkyl carbamates (subject to hydrolysis) is 1. The van der Waals surface area contributed by atoms with Crippen molar-refractivity contribution in [3.05, 3.63) is 29.8 Å². The van der Waals surface area contributed by atoms with E-state index in [-0.39, 0.29) is 6.61 Å². The van der Waals surface area contributed by atoms with Gasteiger partial charge in [0, 0.05) is 0 Å². The van der Waals surface area contributed by atoms with Gasteiger partial charge in [-0.1, -0.05) is 12.1 Å². The molecule has 3 N–H and O–H groups in total. The highest BCUT2D eigenvalue weighted by Crippen LogP contribution is 2.19. The normalized spacial score (nSPS) is 13.8. The zero-order valence-corrected chi connectivity index (χ0v) is 13.7. The third kappa shape index (κ3) is 7.01. The fourth-order valence-corrected chi connectivity index (χ4v) is 1.69. The van der Waals surface area contributed by atoms with Crippen LogP contribution in [0.5, 0.6) is 5.75 Å². The van der Waals surface area contributed by atoms with Gasteiger partial charge in [-0.05, 0) is 45.4 Å². The summed E-state index contributed by atoms with van der Waals surface area (Å²) in [7, 11) is 0. The quantitative estimate of drug-likeness (QED) is 0.740. The second-order valence-electron chi connectivity index (χ2n) is 6.15. The minimum atomic E-state index is -1.23. The number of aliphatic hydroxyl groups excluding tert-OH is 1. The molecule has 1 rings (SSSR count). The zero-order chi connectivity index (χ0) is 17.6. The Labute approximate surface area is 135 Å². The summed E-state index contributed by atoms with van der Waals surface area (Å²) >= 11 is 0. The van der Waals surface area contributed by atoms with E-state index in [1.54, 1.807) is 39.8 Å². The summed E-state index contributed by atoms with van der Waals surface area (Å²) in [5, 5.41) is 20.8. The van der Waals surface area contributed by atoms with Gasteiger partial charge in [0.05, 0.1) is 6.10 Å². The molecule has 0 spiro atoms. The number of aliphatic hydroxyl groups is 1. The number of hydrogen-bond donors (Lipinski definition) is 3. The number of carboxylic acids is 1. The molecule has 0 saturated carbocycles. The van der Waals surface area contributed by atoms with Gasteiger partial charge >= 0.3 is 12.1 Å². The van der Waals surface area contributed by atoms with E-state index in [1.807, 2.05) is 0 Å². The van der Waals surface area contributed by atoms with Crippen molar-refractivity contribution in [3.8, 4) is 5.75 Å². The summed E-state index contributed by atoms with van der Waals surface area (Å²) in [6.07, 6.45) is -1.41. The van der Waals surface area contributed by atoms with Crippen molar-refractivity contribution in [3.63, 3.8) is 0 Å². The SMILES string of the molecule is CC(O)COc1ccc([C@@H](NC(=O)OC(C)(C)C)C(=O)O)cc1. The van der Waals surface area contributed by atoms with Crippen molar-refractivity contribution in [2.75, 3.05) is 6.61 Å². The van der Waals surface area contributed by atoms with E-state index >= 15 is 0 Å². The Morgan fingerprint density at radius 3 is 2.22 bits per heavy atom. The highest BCUT2D eigenvalue weighted by Gasteiger charge is 2.25. The number of carboxylic acid groups (broad SMARTS) is 1. The number of carbonyl (C=O) groups is 2. The summed E-state index contributed by atoms with van der Waals surface area (Å²) in [6, 6.07) is 4.99. The lowest BCUT2D eigenvalue weighted by Gasteiger charge is -2.22. The number of ether oxygens (including phenoxy) is 2. The summed E-state index contributed by atoms with van der Waals surface area (Å²) in [4.78, 5) is 23.1. The van der Waals surface area contributed by atoms with Crippen LogP contribution in [0.3, 0.4) is 0 Å². The molecule has 1 amide bonds. The van der Waals surface area contributed by atoms with Gasteiger partial charge in [0.2, 0.25) is 0 Å². The van der Waals surface area contributed by atoms with Gasteiger partial charge in [-0.3, -0.25) is 0 Å². The van der Waals surface area contributed by atoms with Crippen LogP contribution in [0, 0.1) is 0 Å². The van der Waals surface area contributed by atoms with Crippen molar-refractivity contribution in [2.45, 2.75) is 45.4 Å². The molecule has 1 aromatic carbocycles. The second kappa shape index (κ2) is 7.82. The average Bonchev–Trinajstić information content (AvgIpc) is 2.41. The van der Waals surface area contributed by atoms with Gasteiger partial charge in [-0.15, -0.1) is 0 Å². The topological polar surface area (TPSA) is 105 Å². The molecule has 23 heavy (non-hydrogen) atoms. The first-order chi connectivity index (χ1) is 10.6. The largest absolute Gasteiger partial charge is 0.491 e. The van der Waals surface area contributed by atoms with E-state index in [4.69, 9.17) is 14.6 Å². The first kappa shape index (κ1) is 18.8. The summed E-state index contributed by atoms with van der Waals surface area (Å²) in [5.74, 6) is -0.704. The number of hydrogen-bond acceptors (Lipinski definition) is 5. The van der Waals surface area contributed by atoms with Crippen LogP contribution in [-0.2, 0) is 9.53 Å². The molecular formula is C16H23NO6. The fraction of sp³-hybridized carbons (Fsp3) is 0.500. The predicted octanol–water partition coefficient (Wildman–Crippen LogP) is 2.10. The molecule has 0 aliphatic carbocycles. The van der Waals surface area contributed by atoms with Crippen LogP contribution < -0.4 is 10.1 Å². The Morgan fingerprint density at radius 2 is 1.78 bits per heavy atom. The standard InChI is InChI=1S/C16H23NO6/c1-10(18)9-22-12-7-5-11(6-8-12)13(14(19)20)17-15(21)23-16(2,3)4/h5-8,10,13,18H,9H2,1-4H3,(H,17,21)(H,19,20)/t10?,13-/m1/s1. The van der Waals surface area contributed by atoms with Crippen LogP contribution in [0.4, 0.5) is 4.79 Å². The number of nitrogens with one attached hydrogen (secondary N) is 1. The Bertz CT molecular complexity index is 532. The maximum absolute atomic E-state index is 11.7. The van der Waals surface area contributed by atoms with Gasteiger partial charge in [0.25, 0.3) is 0 Å². The molecule has 1 unspecified atom stereocenters. The molecule has 128 valence electrons. The average molecular weight is 325 g/mol. The Balaban J connectivity index is 2.78. The van der Waals surface area contributed by atoms with E-state index in [0.29, 0.717) is 11.3 Å². The van der Waals surface area contributed by atoms with Crippen LogP contribution in [0.1, 0.15) is 39.3 Å². The first-order valence-corrected chi connectivity index (χ1v) is 7.21. The molecule has 0 bridgehead atoms. The smallest absolute Gasteiger partial charge is 0.408 e. The number of amides is 1. The zero-order valence-electron chi connectivity index (χ0n) is 13.7. The molecule has 0 heterocycles. The van der Waals surface area contributed by atoms with Crippen LogP contribution in [-0.4, -0.2) is 40.6 Å². The van der Waals surface area contributed by atoms with E-state index in [1.165, 1.54) is 12.1 Å². The molecule has 0 saturated heterocycles. The molecule has 1 aromatic rings. The van der Waals surface area contributed by atoms with E-state index in [9.17, 15) is 14.7 Å². The molecule has 2 atom stereocenters. The Morgan fingerprint density at radius 1 is 1.22 bits per heavy atom. The minimum absolute atomic E-state index is 0.137. The Hall–Kier alpha value is -2.28. The lowest BCUT2D eigenvalue weighted by atomic mass is 10.1. The first-order valence-electron chi connectivity index (χ1n) is 7.21. The van der Waals surface area contributed by atoms with Gasteiger partial charge in [-0.2, -0.15) is 0 Å². The van der Waals surface area contributed by atoms with E-state index < -0.39 is 29.8 Å². The lowest BCUT2D eigenvalue weighted by molar-refractivity contribution is -0.139. The maximum atomic E-state index is 11.7. The van der Waals surface area contributed by atoms with Gasteiger partial charge < -0.3 is 25.0 Å². The second-order valence-corrected chi connectivity index (χ2v) is 6.15. The molecular weight excluding hydrogens is 302 g/mol. The molecule has 0 aliphatic rings. The molecule has 0 radical (unpaired) electrons. The minimum Gasteiger partial charge on any atom is -0.491 e. The van der Waals surface area contributed by atoms with E-state index in [2.05, 4.69) is 5.32 Å². The highest BCUT2D eigenvalue weighted by atomic mass is 16.6. The van der Waals surface area contributed by atoms with Crippen molar-refractivity contribution in [1.29, 1.82) is 0 Å². The van der Waals surface area contributed by atoms with Crippen molar-refractivity contribution < 1.29 is 29.3 Å². The monoisotopic (exact) mass is 325 g/mol. The van der Waals surface area contributed by atoms with Gasteiger partial charge in [0.15, 0.2) is 6.04 Å². The molecule has 0 aromatic heterocycles. The third-order valence-corrected chi connectivity index (χ3v) is 2.61. The van der Waals surface area contributed by atoms with Crippen molar-refractivity contribution >= 4 is 12.1 Å². The lowest BCUT2D eigenvalue weighted by Crippen LogP contribution is -2.38. The van der Waals surface area contributed by atoms with Gasteiger partial charge in [0.1, 0.15) is 18.0 Å². The third-order valence-electron chi connectivity index (χ3n) is 2.61. The number of rotatable bonds is 6. The van der Waals surface area contributed by atoms with Gasteiger partial charge in [-0.25, -0.2) is 9.59 Å². The number of benzene rings is 1. The van der Waals surface area contributed by atoms with E-state index in [0.717, 1.165) is 0 Å².